The van der Waals surface area contributed by atoms with Crippen molar-refractivity contribution < 1.29 is 9.47 Å². The first-order valence-corrected chi connectivity index (χ1v) is 14.5. The van der Waals surface area contributed by atoms with E-state index in [1.165, 1.54) is 58.4 Å². The quantitative estimate of drug-likeness (QED) is 0.141. The molecule has 0 aromatic heterocycles. The van der Waals surface area contributed by atoms with Gasteiger partial charge in [0.15, 0.2) is 0 Å². The molecule has 0 radical (unpaired) electrons. The average molecular weight is 513 g/mol. The molecule has 2 N–H and O–H groups in total. The highest BCUT2D eigenvalue weighted by Crippen LogP contribution is 2.30. The first kappa shape index (κ1) is 27.9. The second kappa shape index (κ2) is 15.4. The zero-order chi connectivity index (χ0) is 26.4. The predicted molar refractivity (Wildman–Crippen MR) is 161 cm³/mol. The molecule has 0 bridgehead atoms. The maximum Gasteiger partial charge on any atom is 0.127 e. The molecule has 0 saturated carbocycles. The van der Waals surface area contributed by atoms with E-state index in [0.717, 1.165) is 63.7 Å². The molecular weight excluding hydrogens is 468 g/mol. The number of ether oxygens (including phenoxy) is 2. The summed E-state index contributed by atoms with van der Waals surface area (Å²) in [6, 6.07) is 25.8. The average Bonchev–Trinajstić information content (AvgIpc) is 2.96. The maximum atomic E-state index is 5.95. The minimum atomic E-state index is 0.760. The Morgan fingerprint density at radius 1 is 0.500 bits per heavy atom. The Labute approximate surface area is 228 Å². The Morgan fingerprint density at radius 3 is 1.34 bits per heavy atom. The fraction of sp³-hybridized carbons (Fsp3) is 0.412. The summed E-state index contributed by atoms with van der Waals surface area (Å²) in [6.45, 7) is 9.69. The molecule has 0 heterocycles. The van der Waals surface area contributed by atoms with Crippen LogP contribution in [0.3, 0.4) is 0 Å². The molecule has 0 fully saturated rings. The van der Waals surface area contributed by atoms with Gasteiger partial charge < -0.3 is 20.1 Å². The van der Waals surface area contributed by atoms with Gasteiger partial charge in [0, 0.05) is 23.9 Å². The van der Waals surface area contributed by atoms with Gasteiger partial charge in [-0.25, -0.2) is 0 Å². The van der Waals surface area contributed by atoms with Crippen molar-refractivity contribution in [2.24, 2.45) is 0 Å². The van der Waals surface area contributed by atoms with E-state index in [4.69, 9.17) is 9.47 Å². The summed E-state index contributed by atoms with van der Waals surface area (Å²) in [6.07, 6.45) is 6.97. The Hall–Kier alpha value is -3.08. The molecule has 4 aromatic carbocycles. The van der Waals surface area contributed by atoms with Gasteiger partial charge in [-0.15, -0.1) is 0 Å². The summed E-state index contributed by atoms with van der Waals surface area (Å²) >= 11 is 0. The van der Waals surface area contributed by atoms with Crippen molar-refractivity contribution in [1.82, 2.24) is 10.6 Å². The predicted octanol–water partition coefficient (Wildman–Crippen LogP) is 8.01. The Kier molecular flexibility index (Phi) is 11.3. The van der Waals surface area contributed by atoms with Gasteiger partial charge in [-0.1, -0.05) is 87.4 Å². The highest BCUT2D eigenvalue weighted by Gasteiger charge is 2.08. The molecule has 0 unspecified atom stereocenters. The molecule has 0 aliphatic rings. The van der Waals surface area contributed by atoms with Crippen LogP contribution in [0.15, 0.2) is 72.8 Å². The maximum absolute atomic E-state index is 5.95. The third kappa shape index (κ3) is 7.72. The molecule has 0 saturated heterocycles. The number of fused-ring (bicyclic) bond motifs is 2. The highest BCUT2D eigenvalue weighted by molar-refractivity contribution is 5.91. The molecule has 4 nitrogen and oxygen atoms in total. The number of hydrogen-bond acceptors (Lipinski definition) is 4. The van der Waals surface area contributed by atoms with Crippen LogP contribution in [0.4, 0.5) is 0 Å². The van der Waals surface area contributed by atoms with Gasteiger partial charge >= 0.3 is 0 Å². The van der Waals surface area contributed by atoms with Crippen LogP contribution >= 0.6 is 0 Å². The lowest BCUT2D eigenvalue weighted by Crippen LogP contribution is -2.16. The third-order valence-corrected chi connectivity index (χ3v) is 6.96. The largest absolute Gasteiger partial charge is 0.493 e. The lowest BCUT2D eigenvalue weighted by Gasteiger charge is -2.13. The van der Waals surface area contributed by atoms with Crippen molar-refractivity contribution >= 4 is 21.5 Å². The van der Waals surface area contributed by atoms with E-state index >= 15 is 0 Å². The summed E-state index contributed by atoms with van der Waals surface area (Å²) in [7, 11) is 0. The van der Waals surface area contributed by atoms with Crippen molar-refractivity contribution in [2.75, 3.05) is 26.3 Å². The fourth-order valence-electron chi connectivity index (χ4n) is 4.95. The molecular formula is C34H44N2O2. The molecule has 38 heavy (non-hydrogen) atoms. The minimum Gasteiger partial charge on any atom is -0.493 e. The number of benzene rings is 4. The smallest absolute Gasteiger partial charge is 0.127 e. The SMILES string of the molecule is CCCOc1ccc(CNCCCCCCNCc2ccc(OCCC)c3ccccc23)c2ccccc12. The van der Waals surface area contributed by atoms with Crippen LogP contribution in [0.5, 0.6) is 11.5 Å². The standard InChI is InChI=1S/C34H44N2O2/c1-3-23-37-33-19-17-27(29-13-7-9-15-31(29)33)25-35-21-11-5-6-12-22-36-26-28-18-20-34(38-24-4-2)32-16-10-8-14-30(28)32/h7-10,13-20,35-36H,3-6,11-12,21-26H2,1-2H3. The summed E-state index contributed by atoms with van der Waals surface area (Å²) < 4.78 is 11.9. The van der Waals surface area contributed by atoms with Gasteiger partial charge in [-0.2, -0.15) is 0 Å². The fourth-order valence-corrected chi connectivity index (χ4v) is 4.95. The van der Waals surface area contributed by atoms with Crippen LogP contribution in [0.1, 0.15) is 63.5 Å². The van der Waals surface area contributed by atoms with Crippen molar-refractivity contribution in [3.8, 4) is 11.5 Å². The van der Waals surface area contributed by atoms with E-state index in [0.29, 0.717) is 0 Å². The van der Waals surface area contributed by atoms with Gasteiger partial charge in [-0.3, -0.25) is 0 Å². The normalized spacial score (nSPS) is 11.3. The van der Waals surface area contributed by atoms with Gasteiger partial charge in [0.05, 0.1) is 13.2 Å². The molecule has 4 heteroatoms. The highest BCUT2D eigenvalue weighted by atomic mass is 16.5. The van der Waals surface area contributed by atoms with Crippen molar-refractivity contribution in [3.05, 3.63) is 83.9 Å². The molecule has 0 spiro atoms. The van der Waals surface area contributed by atoms with Crippen molar-refractivity contribution in [1.29, 1.82) is 0 Å². The molecule has 0 amide bonds. The second-order valence-corrected chi connectivity index (χ2v) is 10.0. The van der Waals surface area contributed by atoms with E-state index in [1.807, 2.05) is 0 Å². The molecule has 202 valence electrons. The summed E-state index contributed by atoms with van der Waals surface area (Å²) in [5, 5.41) is 12.3. The van der Waals surface area contributed by atoms with E-state index in [2.05, 4.69) is 97.3 Å². The van der Waals surface area contributed by atoms with Crippen molar-refractivity contribution in [3.63, 3.8) is 0 Å². The summed E-state index contributed by atoms with van der Waals surface area (Å²) in [4.78, 5) is 0. The number of rotatable bonds is 17. The minimum absolute atomic E-state index is 0.760. The molecule has 0 aliphatic heterocycles. The van der Waals surface area contributed by atoms with Crippen LogP contribution in [0.25, 0.3) is 21.5 Å². The zero-order valence-corrected chi connectivity index (χ0v) is 23.2. The molecule has 0 atom stereocenters. The first-order valence-electron chi connectivity index (χ1n) is 14.5. The Morgan fingerprint density at radius 2 is 0.921 bits per heavy atom. The number of unbranched alkanes of at least 4 members (excludes halogenated alkanes) is 3. The van der Waals surface area contributed by atoms with Crippen LogP contribution < -0.4 is 20.1 Å². The molecule has 0 aliphatic carbocycles. The van der Waals surface area contributed by atoms with E-state index in [-0.39, 0.29) is 0 Å². The van der Waals surface area contributed by atoms with Crippen LogP contribution in [0.2, 0.25) is 0 Å². The van der Waals surface area contributed by atoms with E-state index in [1.54, 1.807) is 0 Å². The van der Waals surface area contributed by atoms with Crippen LogP contribution in [0, 0.1) is 0 Å². The van der Waals surface area contributed by atoms with Crippen molar-refractivity contribution in [2.45, 2.75) is 65.5 Å². The van der Waals surface area contributed by atoms with Crippen LogP contribution in [-0.2, 0) is 13.1 Å². The second-order valence-electron chi connectivity index (χ2n) is 10.0. The van der Waals surface area contributed by atoms with Gasteiger partial charge in [0.1, 0.15) is 11.5 Å². The Bertz CT molecular complexity index is 1170. The monoisotopic (exact) mass is 512 g/mol. The first-order chi connectivity index (χ1) is 18.8. The summed E-state index contributed by atoms with van der Waals surface area (Å²) in [5.74, 6) is 1.98. The van der Waals surface area contributed by atoms with Crippen LogP contribution in [-0.4, -0.2) is 26.3 Å². The number of nitrogens with one attached hydrogen (secondary N) is 2. The lowest BCUT2D eigenvalue weighted by molar-refractivity contribution is 0.321. The Balaban J connectivity index is 1.13. The summed E-state index contributed by atoms with van der Waals surface area (Å²) in [5.41, 5.74) is 2.68. The number of hydrogen-bond donors (Lipinski definition) is 2. The zero-order valence-electron chi connectivity index (χ0n) is 23.2. The van der Waals surface area contributed by atoms with E-state index in [9.17, 15) is 0 Å². The molecule has 4 aromatic rings. The lowest BCUT2D eigenvalue weighted by atomic mass is 10.0. The topological polar surface area (TPSA) is 42.5 Å². The van der Waals surface area contributed by atoms with Gasteiger partial charge in [0.2, 0.25) is 0 Å². The van der Waals surface area contributed by atoms with E-state index < -0.39 is 0 Å². The third-order valence-electron chi connectivity index (χ3n) is 6.96. The molecule has 4 rings (SSSR count). The van der Waals surface area contributed by atoms with Gasteiger partial charge in [0.25, 0.3) is 0 Å². The van der Waals surface area contributed by atoms with Gasteiger partial charge in [-0.05, 0) is 72.8 Å².